The fourth-order valence-corrected chi connectivity index (χ4v) is 4.95. The fourth-order valence-electron chi connectivity index (χ4n) is 3.31. The van der Waals surface area contributed by atoms with Crippen LogP contribution in [0.25, 0.3) is 0 Å². The van der Waals surface area contributed by atoms with E-state index in [1.807, 2.05) is 0 Å². The van der Waals surface area contributed by atoms with Gasteiger partial charge in [-0.05, 0) is 32.1 Å². The van der Waals surface area contributed by atoms with Crippen molar-refractivity contribution in [3.63, 3.8) is 0 Å². The molecule has 2 aliphatic rings. The first-order valence-electron chi connectivity index (χ1n) is 6.65. The molecule has 0 unspecified atom stereocenters. The van der Waals surface area contributed by atoms with E-state index < -0.39 is 8.07 Å². The Morgan fingerprint density at radius 1 is 1.31 bits per heavy atom. The minimum atomic E-state index is -1.13. The third-order valence-corrected chi connectivity index (χ3v) is 11.2. The Morgan fingerprint density at radius 3 is 2.56 bits per heavy atom. The maximum atomic E-state index is 6.43. The van der Waals surface area contributed by atoms with Gasteiger partial charge >= 0.3 is 0 Å². The molecule has 16 heavy (non-hydrogen) atoms. The molecule has 1 aliphatic heterocycles. The van der Waals surface area contributed by atoms with Crippen LogP contribution < -0.4 is 0 Å². The van der Waals surface area contributed by atoms with E-state index in [4.69, 9.17) is 4.74 Å². The number of halogens is 1. The molecule has 2 fully saturated rings. The Kier molecular flexibility index (Phi) is 3.60. The molecule has 0 aromatic carbocycles. The van der Waals surface area contributed by atoms with Crippen LogP contribution in [-0.4, -0.2) is 24.2 Å². The van der Waals surface area contributed by atoms with Crippen LogP contribution in [0, 0.1) is 5.92 Å². The summed E-state index contributed by atoms with van der Waals surface area (Å²) in [5, 5.41) is 0. The molecule has 0 bridgehead atoms. The van der Waals surface area contributed by atoms with Gasteiger partial charge in [-0.15, -0.1) is 0 Å². The molecule has 1 saturated heterocycles. The van der Waals surface area contributed by atoms with E-state index in [-0.39, 0.29) is 5.60 Å². The fraction of sp³-hybridized carbons (Fsp3) is 1.00. The second kappa shape index (κ2) is 4.40. The van der Waals surface area contributed by atoms with Gasteiger partial charge < -0.3 is 4.74 Å². The van der Waals surface area contributed by atoms with E-state index in [0.29, 0.717) is 10.6 Å². The summed E-state index contributed by atoms with van der Waals surface area (Å²) < 4.78 is 7.04. The average molecular weight is 305 g/mol. The van der Waals surface area contributed by atoms with Crippen molar-refractivity contribution in [3.05, 3.63) is 0 Å². The Hall–Kier alpha value is 0.657. The molecule has 0 spiro atoms. The standard InChI is InChI=1S/C13H25BrOSi/c1-13-8-6-5-7-10(13)9-11(15-13)12(14)16(2,3)4/h10-12H,5-9H2,1-4H3/t10-,11-,12+,13+/m0/s1. The largest absolute Gasteiger partial charge is 0.371 e. The van der Waals surface area contributed by atoms with Crippen LogP contribution in [0.2, 0.25) is 19.6 Å². The van der Waals surface area contributed by atoms with Gasteiger partial charge in [0.1, 0.15) is 0 Å². The topological polar surface area (TPSA) is 9.23 Å². The highest BCUT2D eigenvalue weighted by molar-refractivity contribution is 9.10. The van der Waals surface area contributed by atoms with Crippen LogP contribution in [0.15, 0.2) is 0 Å². The molecule has 0 aromatic heterocycles. The van der Waals surface area contributed by atoms with Gasteiger partial charge in [-0.2, -0.15) is 0 Å². The van der Waals surface area contributed by atoms with E-state index in [0.717, 1.165) is 5.92 Å². The summed E-state index contributed by atoms with van der Waals surface area (Å²) in [6, 6.07) is 0. The zero-order valence-electron chi connectivity index (χ0n) is 11.1. The van der Waals surface area contributed by atoms with Gasteiger partial charge in [0.25, 0.3) is 0 Å². The summed E-state index contributed by atoms with van der Waals surface area (Å²) in [5.74, 6) is 0.822. The van der Waals surface area contributed by atoms with Crippen LogP contribution in [0.5, 0.6) is 0 Å². The van der Waals surface area contributed by atoms with Crippen LogP contribution in [-0.2, 0) is 4.74 Å². The van der Waals surface area contributed by atoms with E-state index in [1.165, 1.54) is 32.1 Å². The second-order valence-electron chi connectivity index (χ2n) is 6.92. The molecular weight excluding hydrogens is 280 g/mol. The Bertz CT molecular complexity index is 263. The predicted molar refractivity (Wildman–Crippen MR) is 75.9 cm³/mol. The molecule has 3 heteroatoms. The van der Waals surface area contributed by atoms with E-state index >= 15 is 0 Å². The van der Waals surface area contributed by atoms with Gasteiger partial charge in [-0.3, -0.25) is 0 Å². The molecule has 2 rings (SSSR count). The smallest absolute Gasteiger partial charge is 0.0687 e. The molecule has 1 aliphatic carbocycles. The molecule has 4 atom stereocenters. The van der Waals surface area contributed by atoms with Crippen molar-refractivity contribution in [3.8, 4) is 0 Å². The minimum Gasteiger partial charge on any atom is -0.371 e. The van der Waals surface area contributed by atoms with Crippen molar-refractivity contribution >= 4 is 24.0 Å². The molecule has 94 valence electrons. The summed E-state index contributed by atoms with van der Waals surface area (Å²) in [6.07, 6.45) is 7.20. The number of hydrogen-bond donors (Lipinski definition) is 0. The Morgan fingerprint density at radius 2 is 2.00 bits per heavy atom. The summed E-state index contributed by atoms with van der Waals surface area (Å²) in [5.41, 5.74) is 0.203. The van der Waals surface area contributed by atoms with Crippen molar-refractivity contribution < 1.29 is 4.74 Å². The highest BCUT2D eigenvalue weighted by atomic mass is 79.9. The summed E-state index contributed by atoms with van der Waals surface area (Å²) >= 11 is 3.92. The predicted octanol–water partition coefficient (Wildman–Crippen LogP) is 4.37. The normalized spacial score (nSPS) is 41.8. The Labute approximate surface area is 109 Å². The van der Waals surface area contributed by atoms with E-state index in [1.54, 1.807) is 0 Å². The van der Waals surface area contributed by atoms with Gasteiger partial charge in [-0.1, -0.05) is 48.4 Å². The van der Waals surface area contributed by atoms with E-state index in [9.17, 15) is 0 Å². The van der Waals surface area contributed by atoms with Gasteiger partial charge in [0.15, 0.2) is 0 Å². The number of alkyl halides is 1. The molecule has 1 saturated carbocycles. The molecule has 0 radical (unpaired) electrons. The molecule has 1 heterocycles. The molecular formula is C13H25BrOSi. The lowest BCUT2D eigenvalue weighted by molar-refractivity contribution is -0.0579. The lowest BCUT2D eigenvalue weighted by atomic mass is 9.76. The lowest BCUT2D eigenvalue weighted by Crippen LogP contribution is -2.43. The zero-order valence-corrected chi connectivity index (χ0v) is 13.6. The van der Waals surface area contributed by atoms with Gasteiger partial charge in [0.2, 0.25) is 0 Å². The van der Waals surface area contributed by atoms with Crippen LogP contribution in [0.3, 0.4) is 0 Å². The second-order valence-corrected chi connectivity index (χ2v) is 14.1. The molecule has 1 nitrogen and oxygen atoms in total. The van der Waals surface area contributed by atoms with Crippen molar-refractivity contribution in [1.82, 2.24) is 0 Å². The van der Waals surface area contributed by atoms with Crippen LogP contribution in [0.4, 0.5) is 0 Å². The quantitative estimate of drug-likeness (QED) is 0.544. The number of fused-ring (bicyclic) bond motifs is 1. The van der Waals surface area contributed by atoms with Crippen molar-refractivity contribution in [1.29, 1.82) is 0 Å². The molecule has 0 amide bonds. The zero-order chi connectivity index (χ0) is 12.0. The highest BCUT2D eigenvalue weighted by Crippen LogP contribution is 2.48. The molecule has 0 aromatic rings. The summed E-state index contributed by atoms with van der Waals surface area (Å²) in [6.45, 7) is 9.64. The summed E-state index contributed by atoms with van der Waals surface area (Å²) in [4.78, 5) is 0. The lowest BCUT2D eigenvalue weighted by Gasteiger charge is -2.35. The van der Waals surface area contributed by atoms with Crippen molar-refractivity contribution in [2.75, 3.05) is 0 Å². The SMILES string of the molecule is C[C@@]12CCCC[C@H]1C[C@@H]([C@H](Br)[Si](C)(C)C)O2. The highest BCUT2D eigenvalue weighted by Gasteiger charge is 2.49. The number of rotatable bonds is 2. The number of hydrogen-bond acceptors (Lipinski definition) is 1. The first kappa shape index (κ1) is 13.1. The van der Waals surface area contributed by atoms with Crippen molar-refractivity contribution in [2.24, 2.45) is 5.92 Å². The van der Waals surface area contributed by atoms with Crippen molar-refractivity contribution in [2.45, 2.75) is 74.8 Å². The maximum Gasteiger partial charge on any atom is 0.0687 e. The first-order chi connectivity index (χ1) is 7.33. The minimum absolute atomic E-state index is 0.203. The first-order valence-corrected chi connectivity index (χ1v) is 11.1. The van der Waals surface area contributed by atoms with Gasteiger partial charge in [-0.25, -0.2) is 0 Å². The Balaban J connectivity index is 2.06. The molecule has 0 N–H and O–H groups in total. The number of ether oxygens (including phenoxy) is 1. The summed E-state index contributed by atoms with van der Waals surface area (Å²) in [7, 11) is -1.13. The van der Waals surface area contributed by atoms with Gasteiger partial charge in [0.05, 0.1) is 19.8 Å². The van der Waals surface area contributed by atoms with Gasteiger partial charge in [0, 0.05) is 4.45 Å². The average Bonchev–Trinajstić information content (AvgIpc) is 2.52. The van der Waals surface area contributed by atoms with Crippen LogP contribution >= 0.6 is 15.9 Å². The van der Waals surface area contributed by atoms with Crippen LogP contribution in [0.1, 0.15) is 39.0 Å². The third kappa shape index (κ3) is 2.41. The third-order valence-electron chi connectivity index (χ3n) is 4.43. The van der Waals surface area contributed by atoms with E-state index in [2.05, 4.69) is 42.5 Å². The monoisotopic (exact) mass is 304 g/mol. The maximum absolute atomic E-state index is 6.43.